The molecule has 4 heteroatoms. The molecule has 0 radical (unpaired) electrons. The van der Waals surface area contributed by atoms with Crippen LogP contribution in [0.3, 0.4) is 0 Å². The van der Waals surface area contributed by atoms with Crippen LogP contribution >= 0.6 is 0 Å². The number of methoxy groups -OCH3 is 1. The normalized spacial score (nSPS) is 17.9. The Hall–Kier alpha value is -1.29. The molecule has 0 bridgehead atoms. The van der Waals surface area contributed by atoms with E-state index in [2.05, 4.69) is 10.3 Å². The van der Waals surface area contributed by atoms with Crippen molar-refractivity contribution >= 4 is 11.5 Å². The number of hydrogen-bond donors (Lipinski definition) is 2. The Morgan fingerprint density at radius 3 is 2.81 bits per heavy atom. The molecule has 4 nitrogen and oxygen atoms in total. The average molecular weight is 221 g/mol. The van der Waals surface area contributed by atoms with E-state index in [0.717, 1.165) is 36.5 Å². The first-order chi connectivity index (χ1) is 7.65. The molecular formula is C12H19N3O. The van der Waals surface area contributed by atoms with Crippen LogP contribution in [0, 0.1) is 6.92 Å². The number of aromatic nitrogens is 1. The molecule has 0 unspecified atom stereocenters. The zero-order chi connectivity index (χ0) is 11.6. The summed E-state index contributed by atoms with van der Waals surface area (Å²) in [5.41, 5.74) is 7.63. The van der Waals surface area contributed by atoms with Crippen LogP contribution in [0.5, 0.6) is 0 Å². The first-order valence-corrected chi connectivity index (χ1v) is 5.66. The maximum absolute atomic E-state index is 5.83. The maximum Gasteiger partial charge on any atom is 0.128 e. The lowest BCUT2D eigenvalue weighted by Gasteiger charge is -2.40. The molecule has 2 rings (SSSR count). The Bertz CT molecular complexity index is 369. The third kappa shape index (κ3) is 2.11. The van der Waals surface area contributed by atoms with Crippen LogP contribution in [0.2, 0.25) is 0 Å². The fourth-order valence-electron chi connectivity index (χ4n) is 1.91. The molecule has 1 aromatic heterocycles. The number of anilines is 2. The fraction of sp³-hybridized carbons (Fsp3) is 0.583. The molecule has 1 aliphatic carbocycles. The number of nitrogens with one attached hydrogen (secondary N) is 1. The number of ether oxygens (including phenoxy) is 1. The van der Waals surface area contributed by atoms with Gasteiger partial charge in [-0.2, -0.15) is 0 Å². The van der Waals surface area contributed by atoms with E-state index in [4.69, 9.17) is 10.5 Å². The van der Waals surface area contributed by atoms with Crippen LogP contribution in [0.1, 0.15) is 24.8 Å². The lowest BCUT2D eigenvalue weighted by atomic mass is 9.80. The summed E-state index contributed by atoms with van der Waals surface area (Å²) in [4.78, 5) is 4.29. The fourth-order valence-corrected chi connectivity index (χ4v) is 1.91. The Labute approximate surface area is 96.2 Å². The highest BCUT2D eigenvalue weighted by Crippen LogP contribution is 2.35. The highest BCUT2D eigenvalue weighted by atomic mass is 16.5. The number of nitrogen functional groups attached to an aromatic ring is 1. The topological polar surface area (TPSA) is 60.2 Å². The minimum atomic E-state index is 0.0152. The van der Waals surface area contributed by atoms with Gasteiger partial charge in [-0.15, -0.1) is 0 Å². The molecule has 0 aliphatic heterocycles. The van der Waals surface area contributed by atoms with E-state index >= 15 is 0 Å². The molecule has 3 N–H and O–H groups in total. The molecule has 0 atom stereocenters. The van der Waals surface area contributed by atoms with Crippen LogP contribution in [-0.2, 0) is 4.74 Å². The van der Waals surface area contributed by atoms with Crippen LogP contribution in [0.4, 0.5) is 11.5 Å². The Morgan fingerprint density at radius 1 is 1.56 bits per heavy atom. The van der Waals surface area contributed by atoms with Crippen LogP contribution < -0.4 is 11.1 Å². The summed E-state index contributed by atoms with van der Waals surface area (Å²) in [6.07, 6.45) is 5.28. The largest absolute Gasteiger partial charge is 0.398 e. The van der Waals surface area contributed by atoms with Crippen molar-refractivity contribution in [2.45, 2.75) is 31.8 Å². The molecule has 1 saturated carbocycles. The Kier molecular flexibility index (Phi) is 3.01. The zero-order valence-corrected chi connectivity index (χ0v) is 9.92. The van der Waals surface area contributed by atoms with E-state index in [1.54, 1.807) is 13.3 Å². The summed E-state index contributed by atoms with van der Waals surface area (Å²) < 4.78 is 5.53. The molecule has 88 valence electrons. The summed E-state index contributed by atoms with van der Waals surface area (Å²) >= 11 is 0. The third-order valence-corrected chi connectivity index (χ3v) is 3.43. The first-order valence-electron chi connectivity index (χ1n) is 5.66. The molecule has 0 spiro atoms. The van der Waals surface area contributed by atoms with Gasteiger partial charge in [0.15, 0.2) is 0 Å². The van der Waals surface area contributed by atoms with E-state index in [-0.39, 0.29) is 5.60 Å². The zero-order valence-electron chi connectivity index (χ0n) is 9.92. The summed E-state index contributed by atoms with van der Waals surface area (Å²) in [5, 5.41) is 3.29. The highest BCUT2D eigenvalue weighted by molar-refractivity contribution is 5.53. The van der Waals surface area contributed by atoms with Crippen molar-refractivity contribution in [3.63, 3.8) is 0 Å². The molecule has 1 aromatic rings. The number of hydrogen-bond acceptors (Lipinski definition) is 4. The van der Waals surface area contributed by atoms with Crippen LogP contribution in [0.15, 0.2) is 12.3 Å². The van der Waals surface area contributed by atoms with E-state index in [9.17, 15) is 0 Å². The van der Waals surface area contributed by atoms with Crippen molar-refractivity contribution in [2.24, 2.45) is 0 Å². The summed E-state index contributed by atoms with van der Waals surface area (Å²) in [6.45, 7) is 2.76. The number of nitrogens with zero attached hydrogens (tertiary/aromatic N) is 1. The van der Waals surface area contributed by atoms with Crippen LogP contribution in [-0.4, -0.2) is 24.2 Å². The lowest BCUT2D eigenvalue weighted by Crippen LogP contribution is -2.45. The Balaban J connectivity index is 1.96. The van der Waals surface area contributed by atoms with Gasteiger partial charge in [0.25, 0.3) is 0 Å². The van der Waals surface area contributed by atoms with Gasteiger partial charge in [-0.3, -0.25) is 0 Å². The number of rotatable bonds is 4. The van der Waals surface area contributed by atoms with Crippen molar-refractivity contribution in [3.8, 4) is 0 Å². The predicted molar refractivity (Wildman–Crippen MR) is 65.5 cm³/mol. The van der Waals surface area contributed by atoms with E-state index in [1.165, 1.54) is 6.42 Å². The summed E-state index contributed by atoms with van der Waals surface area (Å²) in [6, 6.07) is 1.87. The van der Waals surface area contributed by atoms with Gasteiger partial charge in [-0.25, -0.2) is 4.98 Å². The van der Waals surface area contributed by atoms with Crippen molar-refractivity contribution < 1.29 is 4.74 Å². The smallest absolute Gasteiger partial charge is 0.128 e. The van der Waals surface area contributed by atoms with Gasteiger partial charge in [0.05, 0.1) is 5.60 Å². The standard InChI is InChI=1S/C12H19N3O/c1-9-7-14-11(6-10(9)13)15-8-12(16-2)4-3-5-12/h6-7H,3-5,8H2,1-2H3,(H3,13,14,15). The predicted octanol–water partition coefficient (Wildman–Crippen LogP) is 1.95. The maximum atomic E-state index is 5.83. The second-order valence-electron chi connectivity index (χ2n) is 4.52. The molecular weight excluding hydrogens is 202 g/mol. The van der Waals surface area contributed by atoms with Gasteiger partial charge in [0.1, 0.15) is 5.82 Å². The number of nitrogens with two attached hydrogens (primary N) is 1. The van der Waals surface area contributed by atoms with Gasteiger partial charge < -0.3 is 15.8 Å². The van der Waals surface area contributed by atoms with Gasteiger partial charge in [0.2, 0.25) is 0 Å². The van der Waals surface area contributed by atoms with Crippen molar-refractivity contribution in [2.75, 3.05) is 24.7 Å². The van der Waals surface area contributed by atoms with E-state index in [1.807, 2.05) is 13.0 Å². The lowest BCUT2D eigenvalue weighted by molar-refractivity contribution is -0.0601. The molecule has 16 heavy (non-hydrogen) atoms. The molecule has 0 saturated heterocycles. The molecule has 1 aliphatic rings. The van der Waals surface area contributed by atoms with Gasteiger partial charge in [-0.1, -0.05) is 0 Å². The SMILES string of the molecule is COC1(CNc2cc(N)c(C)cn2)CCC1. The van der Waals surface area contributed by atoms with Crippen molar-refractivity contribution in [3.05, 3.63) is 17.8 Å². The van der Waals surface area contributed by atoms with E-state index < -0.39 is 0 Å². The highest BCUT2D eigenvalue weighted by Gasteiger charge is 2.36. The average Bonchev–Trinajstić information content (AvgIpc) is 2.22. The van der Waals surface area contributed by atoms with Crippen molar-refractivity contribution in [1.82, 2.24) is 4.98 Å². The van der Waals surface area contributed by atoms with Gasteiger partial charge in [0, 0.05) is 31.6 Å². The molecule has 1 heterocycles. The summed E-state index contributed by atoms with van der Waals surface area (Å²) in [7, 11) is 1.78. The monoisotopic (exact) mass is 221 g/mol. The van der Waals surface area contributed by atoms with Gasteiger partial charge in [-0.05, 0) is 31.7 Å². The quantitative estimate of drug-likeness (QED) is 0.816. The number of aryl methyl sites for hydroxylation is 1. The van der Waals surface area contributed by atoms with Crippen LogP contribution in [0.25, 0.3) is 0 Å². The second-order valence-corrected chi connectivity index (χ2v) is 4.52. The van der Waals surface area contributed by atoms with Crippen molar-refractivity contribution in [1.29, 1.82) is 0 Å². The minimum Gasteiger partial charge on any atom is -0.398 e. The second kappa shape index (κ2) is 4.29. The summed E-state index contributed by atoms with van der Waals surface area (Å²) in [5.74, 6) is 0.825. The first kappa shape index (κ1) is 11.2. The molecule has 1 fully saturated rings. The molecule has 0 amide bonds. The minimum absolute atomic E-state index is 0.0152. The van der Waals surface area contributed by atoms with Gasteiger partial charge >= 0.3 is 0 Å². The Morgan fingerprint density at radius 2 is 2.31 bits per heavy atom. The van der Waals surface area contributed by atoms with E-state index in [0.29, 0.717) is 0 Å². The molecule has 0 aromatic carbocycles. The third-order valence-electron chi connectivity index (χ3n) is 3.43. The number of pyridine rings is 1.